The normalized spacial score (nSPS) is 15.4. The van der Waals surface area contributed by atoms with Crippen LogP contribution >= 0.6 is 0 Å². The van der Waals surface area contributed by atoms with Gasteiger partial charge in [0, 0.05) is 5.41 Å². The van der Waals surface area contributed by atoms with Crippen molar-refractivity contribution in [3.8, 4) is 11.1 Å². The molecule has 0 fully saturated rings. The largest absolute Gasteiger partial charge is 0.0619 e. The third-order valence-electron chi connectivity index (χ3n) is 6.67. The van der Waals surface area contributed by atoms with E-state index in [1.54, 1.807) is 0 Å². The average molecular weight is 370 g/mol. The molecule has 0 aromatic heterocycles. The lowest BCUT2D eigenvalue weighted by Crippen LogP contribution is -2.26. The summed E-state index contributed by atoms with van der Waals surface area (Å²) < 4.78 is 0. The Balaban J connectivity index is 1.83. The molecule has 0 amide bonds. The van der Waals surface area contributed by atoms with Crippen LogP contribution in [0.15, 0.2) is 97.1 Å². The number of benzene rings is 4. The summed E-state index contributed by atoms with van der Waals surface area (Å²) in [7, 11) is 0. The highest BCUT2D eigenvalue weighted by molar-refractivity contribution is 6.14. The van der Waals surface area contributed by atoms with Gasteiger partial charge < -0.3 is 0 Å². The van der Waals surface area contributed by atoms with Gasteiger partial charge >= 0.3 is 0 Å². The highest BCUT2D eigenvalue weighted by Gasteiger charge is 2.37. The zero-order valence-corrected chi connectivity index (χ0v) is 16.7. The summed E-state index contributed by atoms with van der Waals surface area (Å²) in [5.41, 5.74) is 13.6. The maximum absolute atomic E-state index is 2.35. The van der Waals surface area contributed by atoms with Crippen LogP contribution in [0.2, 0.25) is 0 Å². The molecule has 0 radical (unpaired) electrons. The number of hydrogen-bond donors (Lipinski definition) is 0. The molecule has 0 aliphatic heterocycles. The van der Waals surface area contributed by atoms with Gasteiger partial charge in [-0.2, -0.15) is 0 Å². The van der Waals surface area contributed by atoms with Gasteiger partial charge in [0.1, 0.15) is 0 Å². The minimum Gasteiger partial charge on any atom is -0.0619 e. The predicted molar refractivity (Wildman–Crippen MR) is 122 cm³/mol. The fourth-order valence-electron chi connectivity index (χ4n) is 5.34. The van der Waals surface area contributed by atoms with E-state index in [2.05, 4.69) is 111 Å². The molecule has 138 valence electrons. The molecule has 0 N–H and O–H groups in total. The molecular formula is C29H22. The standard InChI is InChI=1S/C29H22/c1-29(2)25-17-9-7-15-23(25)28(24-16-8-10-18-26(24)29)27-21-13-5-3-11-19(21)20-12-4-6-14-22(20)27/h3-18H,1-2H3. The molecule has 0 saturated heterocycles. The lowest BCUT2D eigenvalue weighted by molar-refractivity contribution is 0.630. The zero-order chi connectivity index (χ0) is 19.6. The molecule has 0 atom stereocenters. The molecule has 4 aromatic carbocycles. The number of fused-ring (bicyclic) bond motifs is 5. The van der Waals surface area contributed by atoms with Gasteiger partial charge in [0.2, 0.25) is 0 Å². The number of hydrogen-bond acceptors (Lipinski definition) is 0. The Hall–Kier alpha value is -3.38. The van der Waals surface area contributed by atoms with E-state index in [4.69, 9.17) is 0 Å². The van der Waals surface area contributed by atoms with E-state index in [0.29, 0.717) is 0 Å². The van der Waals surface area contributed by atoms with Gasteiger partial charge in [-0.05, 0) is 55.7 Å². The minimum atomic E-state index is -0.0190. The topological polar surface area (TPSA) is 0 Å². The molecule has 0 nitrogen and oxygen atoms in total. The summed E-state index contributed by atoms with van der Waals surface area (Å²) in [6.07, 6.45) is 0. The molecule has 0 unspecified atom stereocenters. The van der Waals surface area contributed by atoms with Gasteiger partial charge in [0.25, 0.3) is 0 Å². The van der Waals surface area contributed by atoms with Crippen LogP contribution in [-0.2, 0) is 5.41 Å². The van der Waals surface area contributed by atoms with Crippen molar-refractivity contribution < 1.29 is 0 Å². The highest BCUT2D eigenvalue weighted by atomic mass is 14.4. The molecule has 0 heterocycles. The van der Waals surface area contributed by atoms with Crippen molar-refractivity contribution in [1.29, 1.82) is 0 Å². The molecule has 6 rings (SSSR count). The fourth-order valence-corrected chi connectivity index (χ4v) is 5.34. The predicted octanol–water partition coefficient (Wildman–Crippen LogP) is 7.31. The van der Waals surface area contributed by atoms with Crippen LogP contribution in [0, 0.1) is 0 Å². The molecule has 0 heteroatoms. The minimum absolute atomic E-state index is 0.0190. The Kier molecular flexibility index (Phi) is 3.32. The third kappa shape index (κ3) is 2.15. The smallest absolute Gasteiger partial charge is 0.0158 e. The van der Waals surface area contributed by atoms with Crippen molar-refractivity contribution >= 4 is 11.1 Å². The zero-order valence-electron chi connectivity index (χ0n) is 16.7. The molecule has 0 saturated carbocycles. The van der Waals surface area contributed by atoms with Gasteiger partial charge in [-0.25, -0.2) is 0 Å². The van der Waals surface area contributed by atoms with Gasteiger partial charge in [0.15, 0.2) is 0 Å². The first kappa shape index (κ1) is 16.6. The van der Waals surface area contributed by atoms with Crippen LogP contribution in [0.1, 0.15) is 47.2 Å². The van der Waals surface area contributed by atoms with Crippen molar-refractivity contribution in [1.82, 2.24) is 0 Å². The van der Waals surface area contributed by atoms with Gasteiger partial charge in [-0.15, -0.1) is 0 Å². The van der Waals surface area contributed by atoms with Crippen LogP contribution in [0.3, 0.4) is 0 Å². The van der Waals surface area contributed by atoms with E-state index >= 15 is 0 Å². The maximum Gasteiger partial charge on any atom is 0.0158 e. The lowest BCUT2D eigenvalue weighted by atomic mass is 9.66. The molecule has 4 aromatic rings. The van der Waals surface area contributed by atoms with Crippen LogP contribution in [0.5, 0.6) is 0 Å². The maximum atomic E-state index is 2.35. The molecule has 29 heavy (non-hydrogen) atoms. The molecular weight excluding hydrogens is 348 g/mol. The second-order valence-electron chi connectivity index (χ2n) is 8.56. The Morgan fingerprint density at radius 2 is 0.690 bits per heavy atom. The Morgan fingerprint density at radius 1 is 0.379 bits per heavy atom. The second kappa shape index (κ2) is 5.81. The first-order chi connectivity index (χ1) is 14.2. The van der Waals surface area contributed by atoms with Crippen molar-refractivity contribution in [3.05, 3.63) is 130 Å². The van der Waals surface area contributed by atoms with E-state index < -0.39 is 0 Å². The van der Waals surface area contributed by atoms with Crippen LogP contribution in [0.25, 0.3) is 22.3 Å². The van der Waals surface area contributed by atoms with Crippen LogP contribution < -0.4 is 0 Å². The van der Waals surface area contributed by atoms with Gasteiger partial charge in [-0.3, -0.25) is 0 Å². The average Bonchev–Trinajstić information content (AvgIpc) is 3.09. The Labute approximate surface area is 172 Å². The number of rotatable bonds is 0. The van der Waals surface area contributed by atoms with E-state index in [9.17, 15) is 0 Å². The van der Waals surface area contributed by atoms with Gasteiger partial charge in [0.05, 0.1) is 0 Å². The van der Waals surface area contributed by atoms with Gasteiger partial charge in [-0.1, -0.05) is 111 Å². The Bertz CT molecular complexity index is 1220. The van der Waals surface area contributed by atoms with E-state index in [0.717, 1.165) is 0 Å². The summed E-state index contributed by atoms with van der Waals surface area (Å²) in [6.45, 7) is 4.70. The summed E-state index contributed by atoms with van der Waals surface area (Å²) >= 11 is 0. The highest BCUT2D eigenvalue weighted by Crippen LogP contribution is 2.53. The van der Waals surface area contributed by atoms with E-state index in [-0.39, 0.29) is 5.41 Å². The molecule has 0 spiro atoms. The van der Waals surface area contributed by atoms with Crippen molar-refractivity contribution in [2.75, 3.05) is 0 Å². The van der Waals surface area contributed by atoms with E-state index in [1.165, 1.54) is 55.7 Å². The first-order valence-corrected chi connectivity index (χ1v) is 10.3. The monoisotopic (exact) mass is 370 g/mol. The van der Waals surface area contributed by atoms with Crippen molar-refractivity contribution in [2.45, 2.75) is 19.3 Å². The van der Waals surface area contributed by atoms with Crippen molar-refractivity contribution in [2.24, 2.45) is 0 Å². The van der Waals surface area contributed by atoms with Crippen molar-refractivity contribution in [3.63, 3.8) is 0 Å². The molecule has 2 aliphatic rings. The summed E-state index contributed by atoms with van der Waals surface area (Å²) in [5.74, 6) is 0. The van der Waals surface area contributed by atoms with Crippen LogP contribution in [0.4, 0.5) is 0 Å². The SMILES string of the molecule is CC1(C)c2ccccc2C(=C2c3ccccc3-c3ccccc32)c2ccccc21. The molecule has 2 aliphatic carbocycles. The van der Waals surface area contributed by atoms with E-state index in [1.807, 2.05) is 0 Å². The quantitative estimate of drug-likeness (QED) is 0.268. The Morgan fingerprint density at radius 3 is 1.14 bits per heavy atom. The third-order valence-corrected chi connectivity index (χ3v) is 6.67. The molecule has 0 bridgehead atoms. The second-order valence-corrected chi connectivity index (χ2v) is 8.56. The summed E-state index contributed by atoms with van der Waals surface area (Å²) in [4.78, 5) is 0. The van der Waals surface area contributed by atoms with Crippen LogP contribution in [-0.4, -0.2) is 0 Å². The first-order valence-electron chi connectivity index (χ1n) is 10.3. The lowest BCUT2D eigenvalue weighted by Gasteiger charge is -2.37. The summed E-state index contributed by atoms with van der Waals surface area (Å²) in [5, 5.41) is 0. The summed E-state index contributed by atoms with van der Waals surface area (Å²) in [6, 6.07) is 35.6. The fraction of sp³-hybridized carbons (Fsp3) is 0.103.